The fourth-order valence-electron chi connectivity index (χ4n) is 2.15. The van der Waals surface area contributed by atoms with E-state index in [1.165, 1.54) is 12.1 Å². The SMILES string of the molecule is CCNC(c1c(Br)nnn1C)C1CC1C. The molecule has 15 heavy (non-hydrogen) atoms. The van der Waals surface area contributed by atoms with Gasteiger partial charge in [-0.3, -0.25) is 0 Å². The minimum absolute atomic E-state index is 0.388. The molecule has 0 radical (unpaired) electrons. The number of nitrogens with one attached hydrogen (secondary N) is 1. The first kappa shape index (κ1) is 11.1. The number of rotatable bonds is 4. The highest BCUT2D eigenvalue weighted by Gasteiger charge is 2.42. The second-order valence-corrected chi connectivity index (χ2v) is 5.05. The molecule has 1 aliphatic carbocycles. The van der Waals surface area contributed by atoms with Crippen LogP contribution in [0.5, 0.6) is 0 Å². The predicted octanol–water partition coefficient (Wildman–Crippen LogP) is 1.88. The third-order valence-electron chi connectivity index (χ3n) is 3.15. The van der Waals surface area contributed by atoms with Gasteiger partial charge in [-0.25, -0.2) is 4.68 Å². The quantitative estimate of drug-likeness (QED) is 0.910. The van der Waals surface area contributed by atoms with Gasteiger partial charge in [0.2, 0.25) is 0 Å². The lowest BCUT2D eigenvalue weighted by atomic mass is 10.1. The summed E-state index contributed by atoms with van der Waals surface area (Å²) in [7, 11) is 1.95. The van der Waals surface area contributed by atoms with E-state index in [1.807, 2.05) is 11.7 Å². The Morgan fingerprint density at radius 1 is 1.67 bits per heavy atom. The van der Waals surface area contributed by atoms with Crippen molar-refractivity contribution in [3.8, 4) is 0 Å². The molecule has 1 saturated carbocycles. The van der Waals surface area contributed by atoms with E-state index >= 15 is 0 Å². The van der Waals surface area contributed by atoms with Crippen molar-refractivity contribution >= 4 is 15.9 Å². The highest BCUT2D eigenvalue weighted by atomic mass is 79.9. The maximum absolute atomic E-state index is 4.04. The summed E-state index contributed by atoms with van der Waals surface area (Å²) in [6.45, 7) is 5.41. The molecule has 1 fully saturated rings. The molecule has 1 aromatic rings. The van der Waals surface area contributed by atoms with Crippen molar-refractivity contribution in [2.24, 2.45) is 18.9 Å². The molecule has 3 unspecified atom stereocenters. The number of aryl methyl sites for hydroxylation is 1. The maximum Gasteiger partial charge on any atom is 0.153 e. The van der Waals surface area contributed by atoms with Gasteiger partial charge in [-0.05, 0) is 40.7 Å². The van der Waals surface area contributed by atoms with Crippen LogP contribution in [0.25, 0.3) is 0 Å². The molecular formula is C10H17BrN4. The van der Waals surface area contributed by atoms with E-state index in [2.05, 4.69) is 45.4 Å². The Balaban J connectivity index is 2.24. The van der Waals surface area contributed by atoms with E-state index in [-0.39, 0.29) is 0 Å². The first-order chi connectivity index (χ1) is 7.15. The Kier molecular flexibility index (Phi) is 3.11. The van der Waals surface area contributed by atoms with Crippen molar-refractivity contribution < 1.29 is 0 Å². The maximum atomic E-state index is 4.04. The number of nitrogens with zero attached hydrogens (tertiary/aromatic N) is 3. The molecular weight excluding hydrogens is 256 g/mol. The van der Waals surface area contributed by atoms with E-state index in [1.54, 1.807) is 0 Å². The monoisotopic (exact) mass is 272 g/mol. The molecule has 1 N–H and O–H groups in total. The summed E-state index contributed by atoms with van der Waals surface area (Å²) < 4.78 is 2.73. The van der Waals surface area contributed by atoms with E-state index in [0.29, 0.717) is 6.04 Å². The summed E-state index contributed by atoms with van der Waals surface area (Å²) in [6.07, 6.45) is 1.30. The van der Waals surface area contributed by atoms with Gasteiger partial charge < -0.3 is 5.32 Å². The zero-order valence-corrected chi connectivity index (χ0v) is 11.0. The standard InChI is InChI=1S/C10H17BrN4/c1-4-12-8(7-5-6(7)2)9-10(11)13-14-15(9)3/h6-8,12H,4-5H2,1-3H3. The van der Waals surface area contributed by atoms with Crippen molar-refractivity contribution in [1.29, 1.82) is 0 Å². The van der Waals surface area contributed by atoms with Crippen LogP contribution in [0, 0.1) is 11.8 Å². The first-order valence-corrected chi connectivity index (χ1v) is 6.22. The van der Waals surface area contributed by atoms with Crippen LogP contribution >= 0.6 is 15.9 Å². The number of hydrogen-bond acceptors (Lipinski definition) is 3. The second kappa shape index (κ2) is 4.22. The number of halogens is 1. The average Bonchev–Trinajstić information content (AvgIpc) is 2.82. The minimum Gasteiger partial charge on any atom is -0.309 e. The summed E-state index contributed by atoms with van der Waals surface area (Å²) in [5, 5.41) is 11.6. The molecule has 2 rings (SSSR count). The third kappa shape index (κ3) is 2.08. The van der Waals surface area contributed by atoms with Crippen LogP contribution < -0.4 is 5.32 Å². The van der Waals surface area contributed by atoms with Crippen molar-refractivity contribution in [3.63, 3.8) is 0 Å². The summed E-state index contributed by atoms with van der Waals surface area (Å²) in [5.74, 6) is 1.55. The Bertz CT molecular complexity index is 330. The summed E-state index contributed by atoms with van der Waals surface area (Å²) in [4.78, 5) is 0. The second-order valence-electron chi connectivity index (χ2n) is 4.30. The molecule has 0 bridgehead atoms. The van der Waals surface area contributed by atoms with Gasteiger partial charge in [-0.2, -0.15) is 0 Å². The smallest absolute Gasteiger partial charge is 0.153 e. The van der Waals surface area contributed by atoms with E-state index in [0.717, 1.165) is 23.0 Å². The van der Waals surface area contributed by atoms with Crippen LogP contribution in [0.1, 0.15) is 32.0 Å². The lowest BCUT2D eigenvalue weighted by Crippen LogP contribution is -2.25. The molecule has 1 aromatic heterocycles. The average molecular weight is 273 g/mol. The van der Waals surface area contributed by atoms with Crippen LogP contribution in [-0.2, 0) is 7.05 Å². The number of hydrogen-bond donors (Lipinski definition) is 1. The van der Waals surface area contributed by atoms with Gasteiger partial charge >= 0.3 is 0 Å². The van der Waals surface area contributed by atoms with E-state index in [4.69, 9.17) is 0 Å². The zero-order valence-electron chi connectivity index (χ0n) is 9.37. The fourth-order valence-corrected chi connectivity index (χ4v) is 2.73. The Morgan fingerprint density at radius 3 is 2.73 bits per heavy atom. The van der Waals surface area contributed by atoms with Gasteiger partial charge in [0.1, 0.15) is 0 Å². The lowest BCUT2D eigenvalue weighted by Gasteiger charge is -2.17. The van der Waals surface area contributed by atoms with E-state index in [9.17, 15) is 0 Å². The molecule has 1 heterocycles. The molecule has 3 atom stereocenters. The van der Waals surface area contributed by atoms with Gasteiger partial charge in [0.25, 0.3) is 0 Å². The van der Waals surface area contributed by atoms with Gasteiger partial charge in [-0.1, -0.05) is 19.1 Å². The fraction of sp³-hybridized carbons (Fsp3) is 0.800. The minimum atomic E-state index is 0.388. The first-order valence-electron chi connectivity index (χ1n) is 5.43. The van der Waals surface area contributed by atoms with Crippen LogP contribution in [0.3, 0.4) is 0 Å². The summed E-state index contributed by atoms with van der Waals surface area (Å²) in [5.41, 5.74) is 1.17. The molecule has 84 valence electrons. The highest BCUT2D eigenvalue weighted by Crippen LogP contribution is 2.47. The molecule has 0 aliphatic heterocycles. The summed E-state index contributed by atoms with van der Waals surface area (Å²) >= 11 is 3.47. The van der Waals surface area contributed by atoms with Crippen LogP contribution in [-0.4, -0.2) is 21.5 Å². The predicted molar refractivity (Wildman–Crippen MR) is 62.4 cm³/mol. The van der Waals surface area contributed by atoms with Crippen LogP contribution in [0.2, 0.25) is 0 Å². The lowest BCUT2D eigenvalue weighted by molar-refractivity contribution is 0.444. The van der Waals surface area contributed by atoms with Gasteiger partial charge in [0.05, 0.1) is 11.7 Å². The molecule has 0 saturated heterocycles. The Morgan fingerprint density at radius 2 is 2.33 bits per heavy atom. The normalized spacial score (nSPS) is 26.7. The summed E-state index contributed by atoms with van der Waals surface area (Å²) in [6, 6.07) is 0.388. The molecule has 0 aromatic carbocycles. The van der Waals surface area contributed by atoms with Gasteiger partial charge in [0, 0.05) is 7.05 Å². The highest BCUT2D eigenvalue weighted by molar-refractivity contribution is 9.10. The van der Waals surface area contributed by atoms with Crippen molar-refractivity contribution in [2.45, 2.75) is 26.3 Å². The van der Waals surface area contributed by atoms with Crippen LogP contribution in [0.15, 0.2) is 4.60 Å². The topological polar surface area (TPSA) is 42.7 Å². The third-order valence-corrected chi connectivity index (χ3v) is 3.71. The van der Waals surface area contributed by atoms with Crippen LogP contribution in [0.4, 0.5) is 0 Å². The van der Waals surface area contributed by atoms with Crippen molar-refractivity contribution in [2.75, 3.05) is 6.54 Å². The molecule has 0 spiro atoms. The van der Waals surface area contributed by atoms with E-state index < -0.39 is 0 Å². The zero-order chi connectivity index (χ0) is 11.0. The largest absolute Gasteiger partial charge is 0.309 e. The molecule has 4 nitrogen and oxygen atoms in total. The molecule has 0 amide bonds. The Labute approximate surface area is 98.6 Å². The van der Waals surface area contributed by atoms with Crippen molar-refractivity contribution in [3.05, 3.63) is 10.3 Å². The van der Waals surface area contributed by atoms with Crippen molar-refractivity contribution in [1.82, 2.24) is 20.3 Å². The number of aromatic nitrogens is 3. The molecule has 5 heteroatoms. The molecule has 1 aliphatic rings. The van der Waals surface area contributed by atoms with Gasteiger partial charge in [0.15, 0.2) is 4.60 Å². The van der Waals surface area contributed by atoms with Gasteiger partial charge in [-0.15, -0.1) is 5.10 Å². The Hall–Kier alpha value is -0.420.